The average Bonchev–Trinajstić information content (AvgIpc) is 2.98. The Labute approximate surface area is 120 Å². The van der Waals surface area contributed by atoms with Crippen molar-refractivity contribution in [1.29, 1.82) is 0 Å². The summed E-state index contributed by atoms with van der Waals surface area (Å²) in [7, 11) is 4.14. The predicted octanol–water partition coefficient (Wildman–Crippen LogP) is 2.41. The van der Waals surface area contributed by atoms with Crippen molar-refractivity contribution >= 4 is 5.69 Å². The molecule has 106 valence electrons. The molecule has 4 nitrogen and oxygen atoms in total. The van der Waals surface area contributed by atoms with E-state index in [1.807, 2.05) is 12.5 Å². The molecule has 0 amide bonds. The molecular formula is C16H22N4. The molecule has 2 heterocycles. The summed E-state index contributed by atoms with van der Waals surface area (Å²) >= 11 is 0. The van der Waals surface area contributed by atoms with Crippen molar-refractivity contribution in [2.45, 2.75) is 18.8 Å². The van der Waals surface area contributed by atoms with Gasteiger partial charge in [0, 0.05) is 49.8 Å². The minimum absolute atomic E-state index is 0.564. The van der Waals surface area contributed by atoms with Crippen LogP contribution in [0.5, 0.6) is 0 Å². The third-order valence-corrected chi connectivity index (χ3v) is 4.01. The molecule has 1 N–H and O–H groups in total. The Hall–Kier alpha value is -1.81. The van der Waals surface area contributed by atoms with E-state index in [2.05, 4.69) is 58.1 Å². The molecule has 1 fully saturated rings. The number of nitrogens with one attached hydrogen (secondary N) is 1. The van der Waals surface area contributed by atoms with Gasteiger partial charge in [0.1, 0.15) is 0 Å². The van der Waals surface area contributed by atoms with E-state index in [9.17, 15) is 0 Å². The lowest BCUT2D eigenvalue weighted by atomic mass is 9.96. The molecule has 1 saturated heterocycles. The quantitative estimate of drug-likeness (QED) is 0.929. The monoisotopic (exact) mass is 270 g/mol. The number of piperidine rings is 1. The molecule has 1 aromatic carbocycles. The first kappa shape index (κ1) is 13.2. The van der Waals surface area contributed by atoms with Gasteiger partial charge in [-0.3, -0.25) is 0 Å². The average molecular weight is 270 g/mol. The molecule has 2 aromatic rings. The zero-order valence-electron chi connectivity index (χ0n) is 12.2. The van der Waals surface area contributed by atoms with Crippen molar-refractivity contribution in [3.8, 4) is 5.69 Å². The van der Waals surface area contributed by atoms with Gasteiger partial charge in [0.15, 0.2) is 0 Å². The molecule has 3 rings (SSSR count). The lowest BCUT2D eigenvalue weighted by molar-refractivity contribution is 0.451. The first-order chi connectivity index (χ1) is 9.75. The minimum Gasteiger partial charge on any atom is -0.378 e. The van der Waals surface area contributed by atoms with Gasteiger partial charge in [0.25, 0.3) is 0 Å². The Kier molecular flexibility index (Phi) is 3.74. The Morgan fingerprint density at radius 1 is 1.35 bits per heavy atom. The van der Waals surface area contributed by atoms with Crippen LogP contribution in [0.15, 0.2) is 36.8 Å². The summed E-state index contributed by atoms with van der Waals surface area (Å²) in [6.45, 7) is 2.19. The number of aromatic nitrogens is 2. The summed E-state index contributed by atoms with van der Waals surface area (Å²) < 4.78 is 2.23. The SMILES string of the molecule is CN(C)c1cccc(-n2cncc2C2CCCNC2)c1. The zero-order chi connectivity index (χ0) is 13.9. The molecule has 0 saturated carbocycles. The maximum atomic E-state index is 4.37. The highest BCUT2D eigenvalue weighted by molar-refractivity contribution is 5.52. The lowest BCUT2D eigenvalue weighted by Gasteiger charge is -2.24. The van der Waals surface area contributed by atoms with Gasteiger partial charge in [-0.25, -0.2) is 4.98 Å². The molecule has 1 aliphatic rings. The van der Waals surface area contributed by atoms with Gasteiger partial charge in [0.05, 0.1) is 6.33 Å². The topological polar surface area (TPSA) is 33.1 Å². The molecule has 0 bridgehead atoms. The third-order valence-electron chi connectivity index (χ3n) is 4.01. The molecular weight excluding hydrogens is 248 g/mol. The van der Waals surface area contributed by atoms with E-state index in [0.29, 0.717) is 5.92 Å². The number of imidazole rings is 1. The number of hydrogen-bond donors (Lipinski definition) is 1. The van der Waals surface area contributed by atoms with Crippen LogP contribution in [-0.4, -0.2) is 36.7 Å². The van der Waals surface area contributed by atoms with Crippen LogP contribution in [-0.2, 0) is 0 Å². The maximum Gasteiger partial charge on any atom is 0.0994 e. The zero-order valence-corrected chi connectivity index (χ0v) is 12.2. The van der Waals surface area contributed by atoms with Crippen LogP contribution in [0.4, 0.5) is 5.69 Å². The summed E-state index contributed by atoms with van der Waals surface area (Å²) in [4.78, 5) is 6.50. The highest BCUT2D eigenvalue weighted by Crippen LogP contribution is 2.26. The van der Waals surface area contributed by atoms with E-state index in [1.54, 1.807) is 0 Å². The number of benzene rings is 1. The van der Waals surface area contributed by atoms with Gasteiger partial charge in [-0.2, -0.15) is 0 Å². The Balaban J connectivity index is 1.94. The normalized spacial score (nSPS) is 19.0. The highest BCUT2D eigenvalue weighted by atomic mass is 15.1. The van der Waals surface area contributed by atoms with Crippen LogP contribution in [0.3, 0.4) is 0 Å². The van der Waals surface area contributed by atoms with E-state index >= 15 is 0 Å². The molecule has 1 aliphatic heterocycles. The number of anilines is 1. The number of hydrogen-bond acceptors (Lipinski definition) is 3. The van der Waals surface area contributed by atoms with E-state index in [0.717, 1.165) is 13.1 Å². The Bertz CT molecular complexity index is 567. The largest absolute Gasteiger partial charge is 0.378 e. The van der Waals surface area contributed by atoms with Gasteiger partial charge < -0.3 is 14.8 Å². The fraction of sp³-hybridized carbons (Fsp3) is 0.438. The van der Waals surface area contributed by atoms with E-state index < -0.39 is 0 Å². The molecule has 0 aliphatic carbocycles. The van der Waals surface area contributed by atoms with Gasteiger partial charge >= 0.3 is 0 Å². The van der Waals surface area contributed by atoms with Gasteiger partial charge in [-0.05, 0) is 37.6 Å². The molecule has 1 atom stereocenters. The van der Waals surface area contributed by atoms with Crippen molar-refractivity contribution in [3.63, 3.8) is 0 Å². The Morgan fingerprint density at radius 2 is 2.25 bits per heavy atom. The fourth-order valence-electron chi connectivity index (χ4n) is 2.85. The second-order valence-electron chi connectivity index (χ2n) is 5.65. The predicted molar refractivity (Wildman–Crippen MR) is 82.7 cm³/mol. The maximum absolute atomic E-state index is 4.37. The van der Waals surface area contributed by atoms with Crippen LogP contribution < -0.4 is 10.2 Å². The van der Waals surface area contributed by atoms with Crippen LogP contribution in [0, 0.1) is 0 Å². The van der Waals surface area contributed by atoms with Crippen molar-refractivity contribution < 1.29 is 0 Å². The molecule has 0 spiro atoms. The first-order valence-electron chi connectivity index (χ1n) is 7.26. The van der Waals surface area contributed by atoms with E-state index in [4.69, 9.17) is 0 Å². The second kappa shape index (κ2) is 5.67. The van der Waals surface area contributed by atoms with Crippen LogP contribution in [0.25, 0.3) is 5.69 Å². The van der Waals surface area contributed by atoms with Crippen LogP contribution in [0.1, 0.15) is 24.5 Å². The van der Waals surface area contributed by atoms with Gasteiger partial charge in [-0.15, -0.1) is 0 Å². The highest BCUT2D eigenvalue weighted by Gasteiger charge is 2.19. The molecule has 0 radical (unpaired) electrons. The standard InChI is InChI=1S/C16H22N4/c1-19(2)14-6-3-7-15(9-14)20-12-18-11-16(20)13-5-4-8-17-10-13/h3,6-7,9,11-13,17H,4-5,8,10H2,1-2H3. The summed E-state index contributed by atoms with van der Waals surface area (Å²) in [5, 5.41) is 3.48. The number of rotatable bonds is 3. The number of nitrogens with zero attached hydrogens (tertiary/aromatic N) is 3. The first-order valence-corrected chi connectivity index (χ1v) is 7.26. The lowest BCUT2D eigenvalue weighted by Crippen LogP contribution is -2.29. The minimum atomic E-state index is 0.564. The van der Waals surface area contributed by atoms with Crippen molar-refractivity contribution in [1.82, 2.24) is 14.9 Å². The van der Waals surface area contributed by atoms with Crippen LogP contribution >= 0.6 is 0 Å². The molecule has 1 aromatic heterocycles. The fourth-order valence-corrected chi connectivity index (χ4v) is 2.85. The van der Waals surface area contributed by atoms with E-state index in [-0.39, 0.29) is 0 Å². The van der Waals surface area contributed by atoms with Gasteiger partial charge in [-0.1, -0.05) is 6.07 Å². The molecule has 4 heteroatoms. The van der Waals surface area contributed by atoms with Crippen molar-refractivity contribution in [2.24, 2.45) is 0 Å². The molecule has 20 heavy (non-hydrogen) atoms. The Morgan fingerprint density at radius 3 is 3.00 bits per heavy atom. The summed E-state index contributed by atoms with van der Waals surface area (Å²) in [6, 6.07) is 8.59. The third kappa shape index (κ3) is 2.56. The smallest absolute Gasteiger partial charge is 0.0994 e. The van der Waals surface area contributed by atoms with Crippen LogP contribution in [0.2, 0.25) is 0 Å². The summed E-state index contributed by atoms with van der Waals surface area (Å²) in [5.41, 5.74) is 3.71. The summed E-state index contributed by atoms with van der Waals surface area (Å²) in [5.74, 6) is 0.564. The van der Waals surface area contributed by atoms with Crippen molar-refractivity contribution in [3.05, 3.63) is 42.5 Å². The van der Waals surface area contributed by atoms with Crippen molar-refractivity contribution in [2.75, 3.05) is 32.1 Å². The van der Waals surface area contributed by atoms with Gasteiger partial charge in [0.2, 0.25) is 0 Å². The summed E-state index contributed by atoms with van der Waals surface area (Å²) in [6.07, 6.45) is 6.43. The van der Waals surface area contributed by atoms with E-state index in [1.165, 1.54) is 29.9 Å². The second-order valence-corrected chi connectivity index (χ2v) is 5.65. The molecule has 1 unspecified atom stereocenters.